The molecule has 1 spiro atoms. The number of H-pyrrole nitrogens is 1. The molecular formula is C44H47N3O20. The van der Waals surface area contributed by atoms with Crippen molar-refractivity contribution < 1.29 is 94.2 Å². The number of dihydropyridines is 1. The van der Waals surface area contributed by atoms with Gasteiger partial charge in [0.25, 0.3) is 5.79 Å². The average molecular weight is 938 g/mol. The SMILES string of the molecule is CCC1=CC([C@@H]2C=C(Cc3ccc[nH]3)[C@]3(Oc4cc5oc(-c6cc(O)c(O)c(CCO)c6)cc(=O)c5c(O)c42)O[C@H](C(=O)O[C@H]2O[C@H](C(=O)O)C(O)(O)[C@H](O)[C@H]2O)[C@@H](O)[C@H](O)[C@H]3O)=CNC1N. The number of phenolic OH excluding ortho intramolecular Hbond substituents is 3. The second-order valence-electron chi connectivity index (χ2n) is 16.5. The number of carboxylic acids is 1. The highest BCUT2D eigenvalue weighted by Gasteiger charge is 2.63. The Kier molecular flexibility index (Phi) is 12.5. The Hall–Kier alpha value is -6.35. The summed E-state index contributed by atoms with van der Waals surface area (Å²) in [6.07, 6.45) is -14.2. The number of rotatable bonds is 10. The zero-order chi connectivity index (χ0) is 48.4. The van der Waals surface area contributed by atoms with E-state index in [0.717, 1.165) is 18.2 Å². The number of aliphatic hydroxyl groups is 8. The van der Waals surface area contributed by atoms with Gasteiger partial charge in [0, 0.05) is 71.4 Å². The quantitative estimate of drug-likeness (QED) is 0.0358. The number of hydrogen-bond acceptors (Lipinski definition) is 21. The molecule has 0 radical (unpaired) electrons. The Bertz CT molecular complexity index is 2750. The molecule has 23 nitrogen and oxygen atoms in total. The third-order valence-electron chi connectivity index (χ3n) is 12.3. The van der Waals surface area contributed by atoms with Crippen LogP contribution in [0.25, 0.3) is 22.3 Å². The minimum absolute atomic E-state index is 0.0618. The normalized spacial score (nSPS) is 30.3. The van der Waals surface area contributed by atoms with Crippen molar-refractivity contribution in [3.8, 4) is 34.3 Å². The second kappa shape index (κ2) is 17.7. The van der Waals surface area contributed by atoms with Gasteiger partial charge in [-0.15, -0.1) is 0 Å². The highest BCUT2D eigenvalue weighted by atomic mass is 16.8. The topological polar surface area (TPSA) is 398 Å². The maximum Gasteiger partial charge on any atom is 0.340 e. The highest BCUT2D eigenvalue weighted by Crippen LogP contribution is 2.52. The molecule has 358 valence electrons. The molecule has 11 atom stereocenters. The van der Waals surface area contributed by atoms with Crippen LogP contribution >= 0.6 is 0 Å². The van der Waals surface area contributed by atoms with E-state index >= 15 is 0 Å². The zero-order valence-corrected chi connectivity index (χ0v) is 35.1. The first kappa shape index (κ1) is 47.2. The molecule has 4 aliphatic heterocycles. The van der Waals surface area contributed by atoms with Crippen LogP contribution in [0.2, 0.25) is 0 Å². The smallest absolute Gasteiger partial charge is 0.340 e. The van der Waals surface area contributed by atoms with Crippen LogP contribution in [-0.4, -0.2) is 152 Å². The van der Waals surface area contributed by atoms with E-state index in [0.29, 0.717) is 23.3 Å². The number of ether oxygens (including phenoxy) is 4. The largest absolute Gasteiger partial charge is 0.507 e. The molecule has 0 bridgehead atoms. The van der Waals surface area contributed by atoms with E-state index < -0.39 is 120 Å². The van der Waals surface area contributed by atoms with Crippen LogP contribution in [0.1, 0.15) is 36.1 Å². The highest BCUT2D eigenvalue weighted by molar-refractivity contribution is 5.89. The summed E-state index contributed by atoms with van der Waals surface area (Å²) in [5.74, 6) is -13.8. The van der Waals surface area contributed by atoms with E-state index in [1.807, 2.05) is 6.92 Å². The molecule has 0 amide bonds. The molecule has 2 fully saturated rings. The van der Waals surface area contributed by atoms with E-state index in [1.54, 1.807) is 24.4 Å². The van der Waals surface area contributed by atoms with E-state index in [4.69, 9.17) is 29.1 Å². The van der Waals surface area contributed by atoms with Crippen molar-refractivity contribution in [3.63, 3.8) is 0 Å². The number of aromatic amines is 1. The molecule has 2 saturated heterocycles. The third kappa shape index (κ3) is 8.08. The minimum Gasteiger partial charge on any atom is -0.507 e. The lowest BCUT2D eigenvalue weighted by Crippen LogP contribution is -2.70. The lowest BCUT2D eigenvalue weighted by atomic mass is 9.81. The Balaban J connectivity index is 1.32. The van der Waals surface area contributed by atoms with Crippen LogP contribution in [0.5, 0.6) is 23.0 Å². The number of hydrogen-bond donors (Lipinski definition) is 15. The van der Waals surface area contributed by atoms with Crippen LogP contribution in [0.3, 0.4) is 0 Å². The summed E-state index contributed by atoms with van der Waals surface area (Å²) in [5, 5.41) is 132. The Morgan fingerprint density at radius 1 is 0.970 bits per heavy atom. The number of carbonyl (C=O) groups excluding carboxylic acids is 1. The molecule has 0 saturated carbocycles. The predicted octanol–water partition coefficient (Wildman–Crippen LogP) is -1.87. The average Bonchev–Trinajstić information content (AvgIpc) is 3.76. The number of allylic oxidation sites excluding steroid dienone is 3. The number of nitrogens with two attached hydrogens (primary N) is 1. The summed E-state index contributed by atoms with van der Waals surface area (Å²) in [5.41, 5.74) is 6.60. The summed E-state index contributed by atoms with van der Waals surface area (Å²) < 4.78 is 29.1. The monoisotopic (exact) mass is 937 g/mol. The molecule has 2 aromatic heterocycles. The lowest BCUT2D eigenvalue weighted by Gasteiger charge is -2.48. The van der Waals surface area contributed by atoms with Gasteiger partial charge in [-0.1, -0.05) is 19.1 Å². The summed E-state index contributed by atoms with van der Waals surface area (Å²) in [7, 11) is 0. The Labute approximate surface area is 377 Å². The number of phenols is 3. The van der Waals surface area contributed by atoms with E-state index in [1.165, 1.54) is 18.3 Å². The van der Waals surface area contributed by atoms with Gasteiger partial charge in [0.05, 0.1) is 6.17 Å². The van der Waals surface area contributed by atoms with Gasteiger partial charge in [0.15, 0.2) is 29.1 Å². The fourth-order valence-corrected chi connectivity index (χ4v) is 8.70. The van der Waals surface area contributed by atoms with Crippen LogP contribution in [0.15, 0.2) is 86.9 Å². The Morgan fingerprint density at radius 3 is 2.39 bits per heavy atom. The van der Waals surface area contributed by atoms with Crippen LogP contribution < -0.4 is 21.2 Å². The van der Waals surface area contributed by atoms with Gasteiger partial charge in [0.1, 0.15) is 52.6 Å². The number of aromatic hydroxyl groups is 3. The van der Waals surface area contributed by atoms with Crippen molar-refractivity contribution >= 4 is 22.9 Å². The molecule has 4 aliphatic rings. The van der Waals surface area contributed by atoms with Crippen molar-refractivity contribution in [2.75, 3.05) is 6.61 Å². The van der Waals surface area contributed by atoms with Crippen molar-refractivity contribution in [3.05, 3.63) is 105 Å². The number of carboxylic acid groups (broad SMARTS) is 1. The van der Waals surface area contributed by atoms with Crippen LogP contribution in [0, 0.1) is 0 Å². The maximum atomic E-state index is 14.1. The van der Waals surface area contributed by atoms with Gasteiger partial charge in [-0.25, -0.2) is 9.59 Å². The van der Waals surface area contributed by atoms with Gasteiger partial charge < -0.3 is 101 Å². The molecule has 1 unspecified atom stereocenters. The zero-order valence-electron chi connectivity index (χ0n) is 35.1. The standard InChI is InChI=1S/C44H47N3O20/c1-2-16-8-19(15-47-39(16)45)22-12-20(11-21-4-3-6-46-21)44(37(57)33(54)32(53)35(67-44)41(60)65-42-34(55)36(56)43(61,62)38(64-42)40(58)59)66-27-14-26-29(31(52)28(22)27)23(49)13-25(63-26)18-9-17(5-7-48)30(51)24(50)10-18/h3-4,6,8-10,12-15,22,32-39,42,46-48,50-57,61-62H,2,5,7,11,45H2,1H3,(H,58,59)/t22-,32-,33-,34+,35-,36+,37+,38+,39?,42+,44-/m0/s1. The van der Waals surface area contributed by atoms with Gasteiger partial charge in [0.2, 0.25) is 18.2 Å². The fourth-order valence-electron chi connectivity index (χ4n) is 8.70. The van der Waals surface area contributed by atoms with E-state index in [-0.39, 0.29) is 51.8 Å². The number of fused-ring (bicyclic) bond motifs is 2. The van der Waals surface area contributed by atoms with Gasteiger partial charge in [-0.05, 0) is 48.3 Å². The Morgan fingerprint density at radius 2 is 1.72 bits per heavy atom. The number of aliphatic carboxylic acids is 1. The second-order valence-corrected chi connectivity index (χ2v) is 16.5. The van der Waals surface area contributed by atoms with E-state index in [9.17, 15) is 75.7 Å². The number of nitrogens with one attached hydrogen (secondary N) is 2. The number of esters is 1. The van der Waals surface area contributed by atoms with Crippen molar-refractivity contribution in [1.82, 2.24) is 10.3 Å². The number of benzene rings is 2. The molecule has 2 aromatic carbocycles. The van der Waals surface area contributed by atoms with Gasteiger partial charge in [-0.3, -0.25) is 4.79 Å². The molecule has 8 rings (SSSR count). The van der Waals surface area contributed by atoms with Crippen molar-refractivity contribution in [1.29, 1.82) is 0 Å². The van der Waals surface area contributed by atoms with Gasteiger partial charge in [-0.2, -0.15) is 0 Å². The first-order chi connectivity index (χ1) is 31.7. The summed E-state index contributed by atoms with van der Waals surface area (Å²) in [4.78, 5) is 43.0. The molecule has 6 heterocycles. The van der Waals surface area contributed by atoms with Crippen molar-refractivity contribution in [2.45, 2.75) is 98.9 Å². The summed E-state index contributed by atoms with van der Waals surface area (Å²) in [6.45, 7) is 1.43. The first-order valence-electron chi connectivity index (χ1n) is 20.8. The fraction of sp³-hybridized carbons (Fsp3) is 0.386. The number of aromatic nitrogens is 1. The molecule has 0 aliphatic carbocycles. The van der Waals surface area contributed by atoms with Gasteiger partial charge >= 0.3 is 11.9 Å². The molecular weight excluding hydrogens is 890 g/mol. The first-order valence-corrected chi connectivity index (χ1v) is 20.8. The van der Waals surface area contributed by atoms with Crippen molar-refractivity contribution in [2.24, 2.45) is 5.73 Å². The van der Waals surface area contributed by atoms with Crippen LogP contribution in [-0.2, 0) is 36.6 Å². The maximum absolute atomic E-state index is 14.1. The molecule has 67 heavy (non-hydrogen) atoms. The summed E-state index contributed by atoms with van der Waals surface area (Å²) >= 11 is 0. The molecule has 4 aromatic rings. The summed E-state index contributed by atoms with van der Waals surface area (Å²) in [6, 6.07) is 7.87. The molecule has 16 N–H and O–H groups in total. The predicted molar refractivity (Wildman–Crippen MR) is 224 cm³/mol. The third-order valence-corrected chi connectivity index (χ3v) is 12.3. The number of carbonyl (C=O) groups is 2. The lowest BCUT2D eigenvalue weighted by molar-refractivity contribution is -0.374. The van der Waals surface area contributed by atoms with Crippen LogP contribution in [0.4, 0.5) is 0 Å². The minimum atomic E-state index is -3.58. The molecule has 23 heteroatoms. The van der Waals surface area contributed by atoms with E-state index in [2.05, 4.69) is 10.3 Å². The number of aliphatic hydroxyl groups excluding tert-OH is 6.